The summed E-state index contributed by atoms with van der Waals surface area (Å²) in [5.41, 5.74) is 0.808. The summed E-state index contributed by atoms with van der Waals surface area (Å²) in [6, 6.07) is 6.06. The quantitative estimate of drug-likeness (QED) is 0.707. The van der Waals surface area contributed by atoms with Gasteiger partial charge in [0.1, 0.15) is 11.9 Å². The molecule has 0 aromatic heterocycles. The first-order chi connectivity index (χ1) is 13.4. The highest BCUT2D eigenvalue weighted by molar-refractivity contribution is 5.83. The van der Waals surface area contributed by atoms with Crippen LogP contribution in [-0.2, 0) is 9.59 Å². The monoisotopic (exact) mass is 390 g/mol. The fourth-order valence-electron chi connectivity index (χ4n) is 3.44. The Hall–Kier alpha value is -1.99. The van der Waals surface area contributed by atoms with Crippen molar-refractivity contribution in [1.29, 1.82) is 0 Å². The Morgan fingerprint density at radius 1 is 1.11 bits per heavy atom. The molecule has 28 heavy (non-hydrogen) atoms. The molecule has 2 N–H and O–H groups in total. The van der Waals surface area contributed by atoms with Gasteiger partial charge in [0.25, 0.3) is 0 Å². The number of hydrogen-bond donors (Lipinski definition) is 2. The SMILES string of the molecule is CC(C)CNC(=O)CN1CCN(C(C(=O)NC2CC2)c2ccc(F)cc2)CC1. The van der Waals surface area contributed by atoms with Gasteiger partial charge in [-0.05, 0) is 36.5 Å². The van der Waals surface area contributed by atoms with Crippen molar-refractivity contribution in [1.82, 2.24) is 20.4 Å². The van der Waals surface area contributed by atoms with Crippen LogP contribution in [0.2, 0.25) is 0 Å². The first-order valence-electron chi connectivity index (χ1n) is 10.2. The Labute approximate surface area is 166 Å². The van der Waals surface area contributed by atoms with E-state index in [1.54, 1.807) is 12.1 Å². The van der Waals surface area contributed by atoms with Crippen molar-refractivity contribution in [3.8, 4) is 0 Å². The maximum atomic E-state index is 13.3. The summed E-state index contributed by atoms with van der Waals surface area (Å²) < 4.78 is 13.3. The summed E-state index contributed by atoms with van der Waals surface area (Å²) in [7, 11) is 0. The third-order valence-electron chi connectivity index (χ3n) is 5.20. The molecule has 3 rings (SSSR count). The summed E-state index contributed by atoms with van der Waals surface area (Å²) in [5, 5.41) is 6.03. The second-order valence-corrected chi connectivity index (χ2v) is 8.25. The van der Waals surface area contributed by atoms with Gasteiger partial charge in [0.2, 0.25) is 11.8 Å². The number of carbonyl (C=O) groups excluding carboxylic acids is 2. The summed E-state index contributed by atoms with van der Waals surface area (Å²) >= 11 is 0. The molecule has 0 spiro atoms. The third-order valence-corrected chi connectivity index (χ3v) is 5.20. The molecule has 0 radical (unpaired) electrons. The van der Waals surface area contributed by atoms with Crippen LogP contribution in [0.3, 0.4) is 0 Å². The minimum absolute atomic E-state index is 0.0164. The first kappa shape index (κ1) is 20.7. The first-order valence-corrected chi connectivity index (χ1v) is 10.2. The molecule has 1 aliphatic heterocycles. The van der Waals surface area contributed by atoms with Gasteiger partial charge in [-0.1, -0.05) is 26.0 Å². The lowest BCUT2D eigenvalue weighted by molar-refractivity contribution is -0.129. The molecule has 6 nitrogen and oxygen atoms in total. The molecule has 7 heteroatoms. The van der Waals surface area contributed by atoms with E-state index in [1.165, 1.54) is 12.1 Å². The van der Waals surface area contributed by atoms with Crippen molar-refractivity contribution in [2.75, 3.05) is 39.3 Å². The average Bonchev–Trinajstić information content (AvgIpc) is 3.47. The normalized spacial score (nSPS) is 19.4. The lowest BCUT2D eigenvalue weighted by Gasteiger charge is -2.38. The molecule has 2 fully saturated rings. The molecule has 1 aliphatic carbocycles. The zero-order valence-corrected chi connectivity index (χ0v) is 16.8. The van der Waals surface area contributed by atoms with Crippen LogP contribution < -0.4 is 10.6 Å². The van der Waals surface area contributed by atoms with Gasteiger partial charge >= 0.3 is 0 Å². The number of carbonyl (C=O) groups is 2. The summed E-state index contributed by atoms with van der Waals surface area (Å²) in [6.07, 6.45) is 2.06. The Balaban J connectivity index is 1.58. The third kappa shape index (κ3) is 6.01. The highest BCUT2D eigenvalue weighted by atomic mass is 19.1. The lowest BCUT2D eigenvalue weighted by Crippen LogP contribution is -2.53. The Kier molecular flexibility index (Phi) is 7.02. The fraction of sp³-hybridized carbons (Fsp3) is 0.619. The zero-order chi connectivity index (χ0) is 20.1. The zero-order valence-electron chi connectivity index (χ0n) is 16.8. The number of benzene rings is 1. The minimum Gasteiger partial charge on any atom is -0.355 e. The lowest BCUT2D eigenvalue weighted by atomic mass is 10.0. The summed E-state index contributed by atoms with van der Waals surface area (Å²) in [6.45, 7) is 8.05. The van der Waals surface area contributed by atoms with Crippen LogP contribution in [0.5, 0.6) is 0 Å². The molecule has 0 bridgehead atoms. The standard InChI is InChI=1S/C21H31FN4O2/c1-15(2)13-23-19(27)14-25-9-11-26(12-10-25)20(21(28)24-18-7-8-18)16-3-5-17(22)6-4-16/h3-6,15,18,20H,7-14H2,1-2H3,(H,23,27)(H,24,28). The number of nitrogens with one attached hydrogen (secondary N) is 2. The Morgan fingerprint density at radius 3 is 2.32 bits per heavy atom. The topological polar surface area (TPSA) is 64.7 Å². The van der Waals surface area contributed by atoms with Crippen molar-refractivity contribution < 1.29 is 14.0 Å². The second kappa shape index (κ2) is 9.47. The molecule has 1 saturated carbocycles. The smallest absolute Gasteiger partial charge is 0.242 e. The fourth-order valence-corrected chi connectivity index (χ4v) is 3.44. The minimum atomic E-state index is -0.418. The number of hydrogen-bond acceptors (Lipinski definition) is 4. The van der Waals surface area contributed by atoms with Gasteiger partial charge in [-0.25, -0.2) is 4.39 Å². The largest absolute Gasteiger partial charge is 0.355 e. The number of amides is 2. The van der Waals surface area contributed by atoms with Crippen LogP contribution in [0.4, 0.5) is 4.39 Å². The van der Waals surface area contributed by atoms with Crippen molar-refractivity contribution >= 4 is 11.8 Å². The van der Waals surface area contributed by atoms with Crippen molar-refractivity contribution in [2.24, 2.45) is 5.92 Å². The molecule has 154 valence electrons. The van der Waals surface area contributed by atoms with Crippen LogP contribution in [0.25, 0.3) is 0 Å². The van der Waals surface area contributed by atoms with E-state index in [-0.39, 0.29) is 23.7 Å². The molecular formula is C21H31FN4O2. The van der Waals surface area contributed by atoms with Gasteiger partial charge < -0.3 is 10.6 Å². The van der Waals surface area contributed by atoms with Gasteiger partial charge in [0.05, 0.1) is 6.54 Å². The molecule has 2 amide bonds. The van der Waals surface area contributed by atoms with Gasteiger partial charge in [-0.3, -0.25) is 19.4 Å². The summed E-state index contributed by atoms with van der Waals surface area (Å²) in [5.74, 6) is 0.158. The number of halogens is 1. The van der Waals surface area contributed by atoms with Gasteiger partial charge in [0, 0.05) is 38.8 Å². The van der Waals surface area contributed by atoms with Gasteiger partial charge in [-0.15, -0.1) is 0 Å². The van der Waals surface area contributed by atoms with E-state index < -0.39 is 6.04 Å². The molecule has 1 aromatic rings. The molecule has 2 aliphatic rings. The van der Waals surface area contributed by atoms with E-state index in [9.17, 15) is 14.0 Å². The highest BCUT2D eigenvalue weighted by Gasteiger charge is 2.34. The predicted molar refractivity (Wildman–Crippen MR) is 106 cm³/mol. The molecule has 1 atom stereocenters. The molecular weight excluding hydrogens is 359 g/mol. The van der Waals surface area contributed by atoms with Crippen LogP contribution in [0.1, 0.15) is 38.3 Å². The predicted octanol–water partition coefficient (Wildman–Crippen LogP) is 1.54. The highest BCUT2D eigenvalue weighted by Crippen LogP contribution is 2.26. The van der Waals surface area contributed by atoms with E-state index in [0.717, 1.165) is 31.5 Å². The second-order valence-electron chi connectivity index (χ2n) is 8.25. The summed E-state index contributed by atoms with van der Waals surface area (Å²) in [4.78, 5) is 29.2. The number of nitrogens with zero attached hydrogens (tertiary/aromatic N) is 2. The molecule has 1 saturated heterocycles. The van der Waals surface area contributed by atoms with E-state index in [4.69, 9.17) is 0 Å². The van der Waals surface area contributed by atoms with Crippen molar-refractivity contribution in [2.45, 2.75) is 38.8 Å². The van der Waals surface area contributed by atoms with E-state index >= 15 is 0 Å². The molecule has 1 heterocycles. The van der Waals surface area contributed by atoms with Crippen molar-refractivity contribution in [3.63, 3.8) is 0 Å². The van der Waals surface area contributed by atoms with Crippen LogP contribution in [-0.4, -0.2) is 66.9 Å². The van der Waals surface area contributed by atoms with Gasteiger partial charge in [-0.2, -0.15) is 0 Å². The average molecular weight is 391 g/mol. The Morgan fingerprint density at radius 2 is 1.75 bits per heavy atom. The van der Waals surface area contributed by atoms with Crippen LogP contribution in [0.15, 0.2) is 24.3 Å². The number of piperazine rings is 1. The van der Waals surface area contributed by atoms with Crippen LogP contribution >= 0.6 is 0 Å². The maximum Gasteiger partial charge on any atom is 0.242 e. The molecule has 1 unspecified atom stereocenters. The van der Waals surface area contributed by atoms with Crippen molar-refractivity contribution in [3.05, 3.63) is 35.6 Å². The van der Waals surface area contributed by atoms with Gasteiger partial charge in [0.15, 0.2) is 0 Å². The van der Waals surface area contributed by atoms with E-state index in [0.29, 0.717) is 32.1 Å². The van der Waals surface area contributed by atoms with E-state index in [2.05, 4.69) is 34.3 Å². The van der Waals surface area contributed by atoms with E-state index in [1.807, 2.05) is 0 Å². The molecule has 1 aromatic carbocycles. The Bertz CT molecular complexity index is 667. The van der Waals surface area contributed by atoms with Crippen LogP contribution in [0, 0.1) is 11.7 Å². The maximum absolute atomic E-state index is 13.3. The number of rotatable bonds is 8.